The average molecular weight is 141 g/mol. The summed E-state index contributed by atoms with van der Waals surface area (Å²) in [5.74, 6) is 0.908. The maximum Gasteiger partial charge on any atom is 0.100 e. The number of rotatable bonds is 5. The zero-order chi connectivity index (χ0) is 7.82. The van der Waals surface area contributed by atoms with Gasteiger partial charge in [0.05, 0.1) is 5.76 Å². The lowest BCUT2D eigenvalue weighted by molar-refractivity contribution is 0.217. The predicted molar refractivity (Wildman–Crippen MR) is 43.8 cm³/mol. The smallest absolute Gasteiger partial charge is 0.100 e. The van der Waals surface area contributed by atoms with Crippen molar-refractivity contribution in [1.29, 1.82) is 0 Å². The molecular weight excluding hydrogens is 126 g/mol. The second kappa shape index (κ2) is 6.36. The van der Waals surface area contributed by atoms with Gasteiger partial charge in [-0.2, -0.15) is 0 Å². The van der Waals surface area contributed by atoms with Crippen LogP contribution < -0.4 is 5.32 Å². The van der Waals surface area contributed by atoms with Gasteiger partial charge in [-0.05, 0) is 20.0 Å². The normalized spacial score (nSPS) is 11.2. The SMILES string of the molecule is C=CC=C(C)OCCNC. The zero-order valence-electron chi connectivity index (χ0n) is 6.68. The van der Waals surface area contributed by atoms with E-state index in [2.05, 4.69) is 11.9 Å². The van der Waals surface area contributed by atoms with Crippen molar-refractivity contribution >= 4 is 0 Å². The summed E-state index contributed by atoms with van der Waals surface area (Å²) in [6, 6.07) is 0. The fraction of sp³-hybridized carbons (Fsp3) is 0.500. The molecular formula is C8H15NO. The Bertz CT molecular complexity index is 118. The van der Waals surface area contributed by atoms with E-state index in [1.165, 1.54) is 0 Å². The van der Waals surface area contributed by atoms with Gasteiger partial charge in [0.2, 0.25) is 0 Å². The van der Waals surface area contributed by atoms with Crippen molar-refractivity contribution in [3.8, 4) is 0 Å². The second-order valence-electron chi connectivity index (χ2n) is 1.97. The topological polar surface area (TPSA) is 21.3 Å². The van der Waals surface area contributed by atoms with Crippen LogP contribution >= 0.6 is 0 Å². The summed E-state index contributed by atoms with van der Waals surface area (Å²) < 4.78 is 5.25. The molecule has 0 aromatic heterocycles. The third-order valence-corrected chi connectivity index (χ3v) is 1.03. The molecule has 2 nitrogen and oxygen atoms in total. The standard InChI is InChI=1S/C8H15NO/c1-4-5-8(2)10-7-6-9-3/h4-5,9H,1,6-7H2,2-3H3. The number of likely N-dealkylation sites (N-methyl/N-ethyl adjacent to an activating group) is 1. The summed E-state index contributed by atoms with van der Waals surface area (Å²) >= 11 is 0. The van der Waals surface area contributed by atoms with Crippen molar-refractivity contribution in [2.75, 3.05) is 20.2 Å². The second-order valence-corrected chi connectivity index (χ2v) is 1.97. The molecule has 1 N–H and O–H groups in total. The molecule has 0 aliphatic heterocycles. The predicted octanol–water partition coefficient (Wildman–Crippen LogP) is 1.31. The van der Waals surface area contributed by atoms with E-state index in [0.717, 1.165) is 12.3 Å². The van der Waals surface area contributed by atoms with E-state index in [-0.39, 0.29) is 0 Å². The molecule has 0 aromatic carbocycles. The fourth-order valence-electron chi connectivity index (χ4n) is 0.528. The van der Waals surface area contributed by atoms with Crippen LogP contribution in [0.25, 0.3) is 0 Å². The first-order valence-electron chi connectivity index (χ1n) is 3.38. The molecule has 0 spiro atoms. The van der Waals surface area contributed by atoms with Crippen LogP contribution in [0.1, 0.15) is 6.92 Å². The minimum Gasteiger partial charge on any atom is -0.497 e. The molecule has 0 atom stereocenters. The Morgan fingerprint density at radius 2 is 2.40 bits per heavy atom. The summed E-state index contributed by atoms with van der Waals surface area (Å²) in [7, 11) is 1.90. The minimum absolute atomic E-state index is 0.715. The van der Waals surface area contributed by atoms with Crippen LogP contribution in [0.3, 0.4) is 0 Å². The van der Waals surface area contributed by atoms with Crippen LogP contribution in [0, 0.1) is 0 Å². The van der Waals surface area contributed by atoms with Crippen molar-refractivity contribution in [1.82, 2.24) is 5.32 Å². The van der Waals surface area contributed by atoms with Gasteiger partial charge in [0.1, 0.15) is 6.61 Å². The highest BCUT2D eigenvalue weighted by molar-refractivity contribution is 5.01. The minimum atomic E-state index is 0.715. The fourth-order valence-corrected chi connectivity index (χ4v) is 0.528. The third-order valence-electron chi connectivity index (χ3n) is 1.03. The Morgan fingerprint density at radius 3 is 2.90 bits per heavy atom. The highest BCUT2D eigenvalue weighted by Gasteiger charge is 1.85. The van der Waals surface area contributed by atoms with Gasteiger partial charge in [-0.1, -0.05) is 12.7 Å². The first-order chi connectivity index (χ1) is 4.81. The molecule has 58 valence electrons. The van der Waals surface area contributed by atoms with Gasteiger partial charge in [0.15, 0.2) is 0 Å². The van der Waals surface area contributed by atoms with Crippen LogP contribution in [-0.2, 0) is 4.74 Å². The van der Waals surface area contributed by atoms with Gasteiger partial charge in [0.25, 0.3) is 0 Å². The molecule has 0 fully saturated rings. The van der Waals surface area contributed by atoms with E-state index >= 15 is 0 Å². The van der Waals surface area contributed by atoms with Crippen LogP contribution in [0.5, 0.6) is 0 Å². The van der Waals surface area contributed by atoms with Crippen molar-refractivity contribution in [2.24, 2.45) is 0 Å². The van der Waals surface area contributed by atoms with Gasteiger partial charge in [-0.15, -0.1) is 0 Å². The Hall–Kier alpha value is -0.760. The quantitative estimate of drug-likeness (QED) is 0.354. The Kier molecular flexibility index (Phi) is 5.88. The molecule has 10 heavy (non-hydrogen) atoms. The van der Waals surface area contributed by atoms with E-state index in [9.17, 15) is 0 Å². The summed E-state index contributed by atoms with van der Waals surface area (Å²) in [5, 5.41) is 2.99. The molecule has 0 rings (SSSR count). The first kappa shape index (κ1) is 9.24. The Labute approximate surface area is 62.6 Å². The van der Waals surface area contributed by atoms with Gasteiger partial charge in [-0.3, -0.25) is 0 Å². The maximum absolute atomic E-state index is 5.25. The van der Waals surface area contributed by atoms with E-state index in [1.54, 1.807) is 6.08 Å². The lowest BCUT2D eigenvalue weighted by Gasteiger charge is -2.03. The number of allylic oxidation sites excluding steroid dienone is 3. The molecule has 0 saturated heterocycles. The summed E-state index contributed by atoms with van der Waals surface area (Å²) in [5.41, 5.74) is 0. The number of hydrogen-bond acceptors (Lipinski definition) is 2. The van der Waals surface area contributed by atoms with Crippen molar-refractivity contribution in [3.63, 3.8) is 0 Å². The molecule has 0 unspecified atom stereocenters. The van der Waals surface area contributed by atoms with Gasteiger partial charge >= 0.3 is 0 Å². The van der Waals surface area contributed by atoms with Crippen molar-refractivity contribution in [2.45, 2.75) is 6.92 Å². The highest BCUT2D eigenvalue weighted by Crippen LogP contribution is 1.93. The Morgan fingerprint density at radius 1 is 1.70 bits per heavy atom. The maximum atomic E-state index is 5.25. The Balaban J connectivity index is 3.29. The van der Waals surface area contributed by atoms with E-state index in [0.29, 0.717) is 6.61 Å². The number of hydrogen-bond donors (Lipinski definition) is 1. The van der Waals surface area contributed by atoms with E-state index in [1.807, 2.05) is 20.0 Å². The summed E-state index contributed by atoms with van der Waals surface area (Å²) in [6.45, 7) is 7.06. The lowest BCUT2D eigenvalue weighted by atomic mass is 10.5. The zero-order valence-corrected chi connectivity index (χ0v) is 6.68. The van der Waals surface area contributed by atoms with Crippen molar-refractivity contribution in [3.05, 3.63) is 24.5 Å². The van der Waals surface area contributed by atoms with Gasteiger partial charge in [-0.25, -0.2) is 0 Å². The van der Waals surface area contributed by atoms with E-state index < -0.39 is 0 Å². The van der Waals surface area contributed by atoms with Crippen LogP contribution in [0.4, 0.5) is 0 Å². The molecule has 0 saturated carbocycles. The number of nitrogens with one attached hydrogen (secondary N) is 1. The highest BCUT2D eigenvalue weighted by atomic mass is 16.5. The first-order valence-corrected chi connectivity index (χ1v) is 3.38. The third kappa shape index (κ3) is 5.38. The molecule has 0 radical (unpaired) electrons. The molecule has 0 aliphatic carbocycles. The molecule has 0 aliphatic rings. The monoisotopic (exact) mass is 141 g/mol. The molecule has 0 aromatic rings. The van der Waals surface area contributed by atoms with Crippen molar-refractivity contribution < 1.29 is 4.74 Å². The molecule has 0 amide bonds. The largest absolute Gasteiger partial charge is 0.497 e. The average Bonchev–Trinajstić information content (AvgIpc) is 1.89. The van der Waals surface area contributed by atoms with Crippen LogP contribution in [-0.4, -0.2) is 20.2 Å². The number of ether oxygens (including phenoxy) is 1. The van der Waals surface area contributed by atoms with Gasteiger partial charge in [0, 0.05) is 6.54 Å². The van der Waals surface area contributed by atoms with Gasteiger partial charge < -0.3 is 10.1 Å². The van der Waals surface area contributed by atoms with E-state index in [4.69, 9.17) is 4.74 Å². The van der Waals surface area contributed by atoms with Crippen LogP contribution in [0.15, 0.2) is 24.5 Å². The molecule has 2 heteroatoms. The lowest BCUT2D eigenvalue weighted by Crippen LogP contribution is -2.13. The van der Waals surface area contributed by atoms with Crippen LogP contribution in [0.2, 0.25) is 0 Å². The summed E-state index contributed by atoms with van der Waals surface area (Å²) in [6.07, 6.45) is 3.56. The molecule has 0 heterocycles. The summed E-state index contributed by atoms with van der Waals surface area (Å²) in [4.78, 5) is 0. The molecule has 0 bridgehead atoms.